The molecule has 2 N–H and O–H groups in total. The smallest absolute Gasteiger partial charge is 0.326 e. The van der Waals surface area contributed by atoms with E-state index >= 15 is 0 Å². The molecule has 23 heavy (non-hydrogen) atoms. The summed E-state index contributed by atoms with van der Waals surface area (Å²) in [5, 5.41) is 13.0. The summed E-state index contributed by atoms with van der Waals surface area (Å²) in [7, 11) is -3.57. The third-order valence-electron chi connectivity index (χ3n) is 3.72. The van der Waals surface area contributed by atoms with Gasteiger partial charge in [0, 0.05) is 18.5 Å². The first kappa shape index (κ1) is 17.9. The van der Waals surface area contributed by atoms with Crippen LogP contribution in [0.4, 0.5) is 0 Å². The lowest BCUT2D eigenvalue weighted by molar-refractivity contribution is -0.140. The van der Waals surface area contributed by atoms with Gasteiger partial charge >= 0.3 is 5.97 Å². The van der Waals surface area contributed by atoms with Crippen LogP contribution in [0.5, 0.6) is 0 Å². The molecule has 1 aromatic rings. The van der Waals surface area contributed by atoms with Crippen LogP contribution in [0, 0.1) is 5.92 Å². The zero-order chi connectivity index (χ0) is 17.2. The van der Waals surface area contributed by atoms with E-state index < -0.39 is 27.9 Å². The standard InChI is InChI=1S/C14H20N2O5S2/c1-9(2)12(14(18)19)15-13(17)11-7-10(8-22-11)23(20,21)16-5-3-4-6-16/h7-9,12H,3-6H2,1-2H3,(H,15,17)(H,18,19). The maximum absolute atomic E-state index is 12.4. The van der Waals surface area contributed by atoms with Gasteiger partial charge < -0.3 is 10.4 Å². The molecule has 0 radical (unpaired) electrons. The summed E-state index contributed by atoms with van der Waals surface area (Å²) in [6, 6.07) is 0.302. The van der Waals surface area contributed by atoms with Gasteiger partial charge in [-0.15, -0.1) is 11.3 Å². The van der Waals surface area contributed by atoms with Crippen LogP contribution >= 0.6 is 11.3 Å². The number of thiophene rings is 1. The topological polar surface area (TPSA) is 104 Å². The molecule has 1 saturated heterocycles. The van der Waals surface area contributed by atoms with Crippen LogP contribution in [0.1, 0.15) is 36.4 Å². The number of hydrogen-bond acceptors (Lipinski definition) is 5. The highest BCUT2D eigenvalue weighted by Gasteiger charge is 2.30. The van der Waals surface area contributed by atoms with Crippen LogP contribution in [0.2, 0.25) is 0 Å². The lowest BCUT2D eigenvalue weighted by atomic mass is 10.0. The fourth-order valence-electron chi connectivity index (χ4n) is 2.38. The molecule has 0 bridgehead atoms. The van der Waals surface area contributed by atoms with E-state index in [-0.39, 0.29) is 15.7 Å². The third-order valence-corrected chi connectivity index (χ3v) is 6.68. The minimum Gasteiger partial charge on any atom is -0.480 e. The molecule has 1 unspecified atom stereocenters. The Morgan fingerprint density at radius 2 is 1.91 bits per heavy atom. The van der Waals surface area contributed by atoms with Gasteiger partial charge in [-0.25, -0.2) is 13.2 Å². The zero-order valence-corrected chi connectivity index (χ0v) is 14.6. The van der Waals surface area contributed by atoms with Gasteiger partial charge in [-0.3, -0.25) is 4.79 Å². The van der Waals surface area contributed by atoms with E-state index in [2.05, 4.69) is 5.32 Å². The molecule has 7 nitrogen and oxygen atoms in total. The number of nitrogens with one attached hydrogen (secondary N) is 1. The molecule has 128 valence electrons. The predicted octanol–water partition coefficient (Wildman–Crippen LogP) is 1.37. The Kier molecular flexibility index (Phi) is 5.43. The predicted molar refractivity (Wildman–Crippen MR) is 86.0 cm³/mol. The number of carboxylic acid groups (broad SMARTS) is 1. The second-order valence-electron chi connectivity index (χ2n) is 5.79. The number of carboxylic acids is 1. The zero-order valence-electron chi connectivity index (χ0n) is 13.0. The van der Waals surface area contributed by atoms with E-state index in [0.717, 1.165) is 24.2 Å². The second kappa shape index (κ2) is 6.98. The lowest BCUT2D eigenvalue weighted by Crippen LogP contribution is -2.44. The van der Waals surface area contributed by atoms with Gasteiger partial charge in [0.2, 0.25) is 10.0 Å². The Balaban J connectivity index is 2.15. The Bertz CT molecular complexity index is 690. The summed E-state index contributed by atoms with van der Waals surface area (Å²) in [5.41, 5.74) is 0. The molecule has 1 amide bonds. The van der Waals surface area contributed by atoms with Crippen molar-refractivity contribution in [2.24, 2.45) is 5.92 Å². The maximum Gasteiger partial charge on any atom is 0.326 e. The number of aliphatic carboxylic acids is 1. The van der Waals surface area contributed by atoms with E-state index in [0.29, 0.717) is 13.1 Å². The summed E-state index contributed by atoms with van der Waals surface area (Å²) in [5.74, 6) is -1.96. The van der Waals surface area contributed by atoms with E-state index in [1.807, 2.05) is 0 Å². The first-order valence-electron chi connectivity index (χ1n) is 7.36. The van der Waals surface area contributed by atoms with Gasteiger partial charge in [0.05, 0.1) is 9.77 Å². The molecule has 1 fully saturated rings. The van der Waals surface area contributed by atoms with Crippen molar-refractivity contribution in [1.29, 1.82) is 0 Å². The van der Waals surface area contributed by atoms with Crippen LogP contribution in [0.15, 0.2) is 16.3 Å². The minimum atomic E-state index is -3.57. The average Bonchev–Trinajstić information content (AvgIpc) is 3.14. The minimum absolute atomic E-state index is 0.0889. The average molecular weight is 360 g/mol. The fraction of sp³-hybridized carbons (Fsp3) is 0.571. The highest BCUT2D eigenvalue weighted by Crippen LogP contribution is 2.25. The van der Waals surface area contributed by atoms with E-state index in [1.54, 1.807) is 13.8 Å². The Hall–Kier alpha value is -1.45. The van der Waals surface area contributed by atoms with E-state index in [9.17, 15) is 18.0 Å². The van der Waals surface area contributed by atoms with Gasteiger partial charge in [0.1, 0.15) is 6.04 Å². The normalized spacial score (nSPS) is 17.3. The highest BCUT2D eigenvalue weighted by molar-refractivity contribution is 7.89. The monoisotopic (exact) mass is 360 g/mol. The molecular formula is C14H20N2O5S2. The van der Waals surface area contributed by atoms with Gasteiger partial charge in [0.25, 0.3) is 5.91 Å². The van der Waals surface area contributed by atoms with Crippen molar-refractivity contribution in [3.63, 3.8) is 0 Å². The van der Waals surface area contributed by atoms with Crippen molar-refractivity contribution in [1.82, 2.24) is 9.62 Å². The van der Waals surface area contributed by atoms with Crippen LogP contribution < -0.4 is 5.32 Å². The number of sulfonamides is 1. The van der Waals surface area contributed by atoms with Crippen molar-refractivity contribution in [2.75, 3.05) is 13.1 Å². The molecule has 0 saturated carbocycles. The van der Waals surface area contributed by atoms with Crippen molar-refractivity contribution in [3.05, 3.63) is 16.3 Å². The van der Waals surface area contributed by atoms with Gasteiger partial charge in [-0.2, -0.15) is 4.31 Å². The van der Waals surface area contributed by atoms with E-state index in [4.69, 9.17) is 5.11 Å². The van der Waals surface area contributed by atoms with Crippen molar-refractivity contribution in [3.8, 4) is 0 Å². The first-order valence-corrected chi connectivity index (χ1v) is 9.68. The largest absolute Gasteiger partial charge is 0.480 e. The molecular weight excluding hydrogens is 340 g/mol. The number of carbonyl (C=O) groups is 2. The summed E-state index contributed by atoms with van der Waals surface area (Å²) >= 11 is 0.998. The van der Waals surface area contributed by atoms with Crippen LogP contribution in [0.3, 0.4) is 0 Å². The lowest BCUT2D eigenvalue weighted by Gasteiger charge is -2.17. The Morgan fingerprint density at radius 3 is 2.43 bits per heavy atom. The van der Waals surface area contributed by atoms with Crippen LogP contribution in [-0.2, 0) is 14.8 Å². The summed E-state index contributed by atoms with van der Waals surface area (Å²) in [4.78, 5) is 23.6. The summed E-state index contributed by atoms with van der Waals surface area (Å²) in [6.45, 7) is 4.37. The van der Waals surface area contributed by atoms with Gasteiger partial charge in [-0.1, -0.05) is 13.8 Å². The number of hydrogen-bond donors (Lipinski definition) is 2. The SMILES string of the molecule is CC(C)C(NC(=O)c1cc(S(=O)(=O)N2CCCC2)cs1)C(=O)O. The first-order chi connectivity index (χ1) is 10.7. The van der Waals surface area contributed by atoms with Crippen molar-refractivity contribution >= 4 is 33.2 Å². The summed E-state index contributed by atoms with van der Waals surface area (Å²) in [6.07, 6.45) is 1.68. The van der Waals surface area contributed by atoms with E-state index in [1.165, 1.54) is 15.8 Å². The number of nitrogens with zero attached hydrogens (tertiary/aromatic N) is 1. The fourth-order valence-corrected chi connectivity index (χ4v) is 5.06. The molecule has 1 aliphatic heterocycles. The molecule has 1 aliphatic rings. The quantitative estimate of drug-likeness (QED) is 0.797. The van der Waals surface area contributed by atoms with Crippen LogP contribution in [-0.4, -0.2) is 48.8 Å². The molecule has 1 aromatic heterocycles. The molecule has 1 atom stereocenters. The van der Waals surface area contributed by atoms with Gasteiger partial charge in [0.15, 0.2) is 0 Å². The van der Waals surface area contributed by atoms with Crippen molar-refractivity contribution < 1.29 is 23.1 Å². The summed E-state index contributed by atoms with van der Waals surface area (Å²) < 4.78 is 26.2. The second-order valence-corrected chi connectivity index (χ2v) is 8.64. The highest BCUT2D eigenvalue weighted by atomic mass is 32.2. The number of rotatable bonds is 6. The number of carbonyl (C=O) groups excluding carboxylic acids is 1. The third kappa shape index (κ3) is 3.91. The molecule has 9 heteroatoms. The Labute approximate surface area is 139 Å². The van der Waals surface area contributed by atoms with Gasteiger partial charge in [-0.05, 0) is 24.8 Å². The maximum atomic E-state index is 12.4. The molecule has 0 aliphatic carbocycles. The van der Waals surface area contributed by atoms with Crippen LogP contribution in [0.25, 0.3) is 0 Å². The molecule has 2 rings (SSSR count). The molecule has 2 heterocycles. The number of amides is 1. The van der Waals surface area contributed by atoms with Crippen molar-refractivity contribution in [2.45, 2.75) is 37.6 Å². The molecule has 0 spiro atoms. The Morgan fingerprint density at radius 1 is 1.30 bits per heavy atom. The molecule has 0 aromatic carbocycles.